The Balaban J connectivity index is 2.02. The summed E-state index contributed by atoms with van der Waals surface area (Å²) >= 11 is 1.53. The molecule has 5 nitrogen and oxygen atoms in total. The number of nitrogens with one attached hydrogen (secondary N) is 1. The predicted molar refractivity (Wildman–Crippen MR) is 97.9 cm³/mol. The maximum atomic E-state index is 13.0. The van der Waals surface area contributed by atoms with Crippen LogP contribution in [0.5, 0.6) is 0 Å². The molecule has 1 aromatic carbocycles. The lowest BCUT2D eigenvalue weighted by molar-refractivity contribution is 0.600. The third-order valence-electron chi connectivity index (χ3n) is 4.12. The van der Waals surface area contributed by atoms with E-state index in [0.29, 0.717) is 11.4 Å². The average Bonchev–Trinajstić information content (AvgIpc) is 3.03. The van der Waals surface area contributed by atoms with E-state index in [1.54, 1.807) is 13.0 Å². The van der Waals surface area contributed by atoms with Crippen LogP contribution in [-0.4, -0.2) is 18.0 Å². The SMILES string of the molecule is Cc1nc(-c2cc(S(=O)(=O)Nc3ccc(F)cc3)c(C)n2C)sc1C. The van der Waals surface area contributed by atoms with Crippen molar-refractivity contribution in [1.29, 1.82) is 0 Å². The highest BCUT2D eigenvalue weighted by Crippen LogP contribution is 2.32. The van der Waals surface area contributed by atoms with Crippen molar-refractivity contribution in [1.82, 2.24) is 9.55 Å². The first-order valence-corrected chi connectivity index (χ1v) is 9.88. The maximum Gasteiger partial charge on any atom is 0.263 e. The molecule has 2 heterocycles. The third-order valence-corrected chi connectivity index (χ3v) is 6.71. The summed E-state index contributed by atoms with van der Waals surface area (Å²) in [4.78, 5) is 5.79. The van der Waals surface area contributed by atoms with Crippen molar-refractivity contribution < 1.29 is 12.8 Å². The lowest BCUT2D eigenvalue weighted by atomic mass is 10.3. The summed E-state index contributed by atoms with van der Waals surface area (Å²) < 4.78 is 42.8. The minimum absolute atomic E-state index is 0.180. The minimum Gasteiger partial charge on any atom is -0.345 e. The number of hydrogen-bond donors (Lipinski definition) is 1. The largest absolute Gasteiger partial charge is 0.345 e. The second kappa shape index (κ2) is 6.27. The lowest BCUT2D eigenvalue weighted by Crippen LogP contribution is -2.13. The van der Waals surface area contributed by atoms with Crippen LogP contribution in [0.4, 0.5) is 10.1 Å². The van der Waals surface area contributed by atoms with E-state index in [1.165, 1.54) is 35.6 Å². The van der Waals surface area contributed by atoms with Gasteiger partial charge in [-0.15, -0.1) is 11.3 Å². The van der Waals surface area contributed by atoms with Gasteiger partial charge >= 0.3 is 0 Å². The third kappa shape index (κ3) is 3.32. The molecule has 0 amide bonds. The lowest BCUT2D eigenvalue weighted by Gasteiger charge is -2.08. The average molecular weight is 379 g/mol. The van der Waals surface area contributed by atoms with Crippen LogP contribution in [0.15, 0.2) is 35.2 Å². The molecule has 25 heavy (non-hydrogen) atoms. The van der Waals surface area contributed by atoms with Gasteiger partial charge < -0.3 is 4.57 Å². The Morgan fingerprint density at radius 2 is 1.80 bits per heavy atom. The van der Waals surface area contributed by atoms with Crippen LogP contribution in [0.1, 0.15) is 16.3 Å². The molecule has 1 N–H and O–H groups in total. The van der Waals surface area contributed by atoms with Gasteiger partial charge in [0.2, 0.25) is 0 Å². The van der Waals surface area contributed by atoms with Crippen molar-refractivity contribution in [3.05, 3.63) is 52.4 Å². The first-order valence-electron chi connectivity index (χ1n) is 7.58. The predicted octanol–water partition coefficient (Wildman–Crippen LogP) is 4.01. The van der Waals surface area contributed by atoms with Crippen molar-refractivity contribution >= 4 is 27.0 Å². The number of thiazole rings is 1. The molecule has 3 aromatic rings. The van der Waals surface area contributed by atoms with E-state index in [9.17, 15) is 12.8 Å². The normalized spacial score (nSPS) is 11.7. The van der Waals surface area contributed by atoms with Crippen molar-refractivity contribution in [3.63, 3.8) is 0 Å². The fourth-order valence-electron chi connectivity index (χ4n) is 2.46. The topological polar surface area (TPSA) is 64.0 Å². The van der Waals surface area contributed by atoms with E-state index in [0.717, 1.165) is 21.3 Å². The van der Waals surface area contributed by atoms with Gasteiger partial charge in [-0.05, 0) is 51.1 Å². The van der Waals surface area contributed by atoms with Gasteiger partial charge in [0.25, 0.3) is 10.0 Å². The molecule has 0 aliphatic carbocycles. The number of aromatic nitrogens is 2. The first-order chi connectivity index (χ1) is 11.7. The highest BCUT2D eigenvalue weighted by molar-refractivity contribution is 7.92. The van der Waals surface area contributed by atoms with E-state index in [1.807, 2.05) is 25.5 Å². The zero-order chi connectivity index (χ0) is 18.4. The van der Waals surface area contributed by atoms with Crippen molar-refractivity contribution in [2.24, 2.45) is 7.05 Å². The Bertz CT molecular complexity index is 1020. The molecular weight excluding hydrogens is 361 g/mol. The molecule has 0 saturated heterocycles. The number of sulfonamides is 1. The van der Waals surface area contributed by atoms with Crippen LogP contribution in [0.25, 0.3) is 10.7 Å². The van der Waals surface area contributed by atoms with Gasteiger partial charge in [0.15, 0.2) is 0 Å². The molecule has 0 radical (unpaired) electrons. The molecule has 8 heteroatoms. The molecule has 132 valence electrons. The van der Waals surface area contributed by atoms with Crippen LogP contribution in [0.2, 0.25) is 0 Å². The van der Waals surface area contributed by atoms with Crippen LogP contribution in [0.3, 0.4) is 0 Å². The van der Waals surface area contributed by atoms with E-state index >= 15 is 0 Å². The number of hydrogen-bond acceptors (Lipinski definition) is 4. The van der Waals surface area contributed by atoms with Crippen molar-refractivity contribution in [3.8, 4) is 10.7 Å². The standard InChI is InChI=1S/C17H18FN3O2S2/c1-10-12(3)24-17(19-10)15-9-16(11(2)21(15)4)25(22,23)20-14-7-5-13(18)6-8-14/h5-9,20H,1-4H3. The molecule has 0 saturated carbocycles. The number of benzene rings is 1. The Morgan fingerprint density at radius 1 is 1.16 bits per heavy atom. The monoisotopic (exact) mass is 379 g/mol. The first kappa shape index (κ1) is 17.6. The highest BCUT2D eigenvalue weighted by Gasteiger charge is 2.23. The Morgan fingerprint density at radius 3 is 2.36 bits per heavy atom. The second-order valence-corrected chi connectivity index (χ2v) is 8.67. The molecule has 0 atom stereocenters. The van der Waals surface area contributed by atoms with Crippen molar-refractivity contribution in [2.75, 3.05) is 4.72 Å². The van der Waals surface area contributed by atoms with E-state index < -0.39 is 15.8 Å². The molecular formula is C17H18FN3O2S2. The van der Waals surface area contributed by atoms with Crippen LogP contribution in [0, 0.1) is 26.6 Å². The molecule has 0 unspecified atom stereocenters. The molecule has 0 aliphatic heterocycles. The Labute approximate surface area is 150 Å². The van der Waals surface area contributed by atoms with Crippen LogP contribution < -0.4 is 4.72 Å². The van der Waals surface area contributed by atoms with Gasteiger partial charge in [0.05, 0.1) is 11.4 Å². The maximum absolute atomic E-state index is 13.0. The molecule has 2 aromatic heterocycles. The molecule has 0 aliphatic rings. The van der Waals surface area contributed by atoms with Gasteiger partial charge in [-0.2, -0.15) is 0 Å². The number of nitrogens with zero attached hydrogens (tertiary/aromatic N) is 2. The van der Waals surface area contributed by atoms with Gasteiger partial charge in [0, 0.05) is 23.3 Å². The molecule has 0 bridgehead atoms. The fourth-order valence-corrected chi connectivity index (χ4v) is 4.77. The summed E-state index contributed by atoms with van der Waals surface area (Å²) in [6, 6.07) is 6.82. The van der Waals surface area contributed by atoms with Gasteiger partial charge in [-0.1, -0.05) is 0 Å². The summed E-state index contributed by atoms with van der Waals surface area (Å²) in [7, 11) is -1.97. The minimum atomic E-state index is -3.79. The van der Waals surface area contributed by atoms with E-state index in [2.05, 4.69) is 9.71 Å². The molecule has 0 fully saturated rings. The van der Waals surface area contributed by atoms with Crippen molar-refractivity contribution in [2.45, 2.75) is 25.7 Å². The number of anilines is 1. The van der Waals surface area contributed by atoms with Gasteiger partial charge in [-0.3, -0.25) is 4.72 Å². The summed E-state index contributed by atoms with van der Waals surface area (Å²) in [6.45, 7) is 5.66. The smallest absolute Gasteiger partial charge is 0.263 e. The highest BCUT2D eigenvalue weighted by atomic mass is 32.2. The van der Waals surface area contributed by atoms with E-state index in [4.69, 9.17) is 0 Å². The number of aryl methyl sites for hydroxylation is 2. The van der Waals surface area contributed by atoms with Gasteiger partial charge in [-0.25, -0.2) is 17.8 Å². The number of halogens is 1. The van der Waals surface area contributed by atoms with Gasteiger partial charge in [0.1, 0.15) is 15.7 Å². The summed E-state index contributed by atoms with van der Waals surface area (Å²) in [6.07, 6.45) is 0. The van der Waals surface area contributed by atoms with Crippen LogP contribution >= 0.6 is 11.3 Å². The van der Waals surface area contributed by atoms with Crippen LogP contribution in [-0.2, 0) is 17.1 Å². The Hall–Kier alpha value is -2.19. The Kier molecular flexibility index (Phi) is 4.42. The summed E-state index contributed by atoms with van der Waals surface area (Å²) in [5, 5.41) is 0.781. The quantitative estimate of drug-likeness (QED) is 0.745. The summed E-state index contributed by atoms with van der Waals surface area (Å²) in [5.41, 5.74) is 2.60. The zero-order valence-electron chi connectivity index (χ0n) is 14.3. The second-order valence-electron chi connectivity index (χ2n) is 5.81. The zero-order valence-corrected chi connectivity index (χ0v) is 15.9. The number of rotatable bonds is 4. The molecule has 3 rings (SSSR count). The summed E-state index contributed by atoms with van der Waals surface area (Å²) in [5.74, 6) is -0.421. The fraction of sp³-hybridized carbons (Fsp3) is 0.235. The van der Waals surface area contributed by atoms with E-state index in [-0.39, 0.29) is 4.90 Å². The molecule has 0 spiro atoms.